The number of likely N-dealkylation sites (N-methyl/N-ethyl adjacent to an activating group) is 1. The molecule has 0 amide bonds. The van der Waals surface area contributed by atoms with Crippen molar-refractivity contribution in [2.45, 2.75) is 19.0 Å². The summed E-state index contributed by atoms with van der Waals surface area (Å²) in [6.45, 7) is 8.20. The second-order valence-electron chi connectivity index (χ2n) is 3.13. The van der Waals surface area contributed by atoms with Gasteiger partial charge in [0.15, 0.2) is 0 Å². The van der Waals surface area contributed by atoms with Gasteiger partial charge >= 0.3 is 0 Å². The van der Waals surface area contributed by atoms with Gasteiger partial charge < -0.3 is 10.2 Å². The van der Waals surface area contributed by atoms with E-state index in [1.165, 1.54) is 0 Å². The smallest absolute Gasteiger partial charge is 0.0378 e. The second-order valence-corrected chi connectivity index (χ2v) is 3.13. The average molecular weight is 140 g/mol. The Morgan fingerprint density at radius 2 is 2.30 bits per heavy atom. The van der Waals surface area contributed by atoms with Gasteiger partial charge in [-0.2, -0.15) is 0 Å². The van der Waals surface area contributed by atoms with Gasteiger partial charge in [-0.05, 0) is 14.0 Å². The van der Waals surface area contributed by atoms with E-state index in [1.54, 1.807) is 0 Å². The highest BCUT2D eigenvalue weighted by Crippen LogP contribution is 2.01. The van der Waals surface area contributed by atoms with E-state index in [2.05, 4.69) is 30.8 Å². The van der Waals surface area contributed by atoms with E-state index in [-0.39, 0.29) is 0 Å². The van der Waals surface area contributed by atoms with Gasteiger partial charge in [0.2, 0.25) is 0 Å². The molecule has 2 heteroatoms. The Hall–Kier alpha value is -0.340. The first-order valence-electron chi connectivity index (χ1n) is 3.79. The molecule has 1 heterocycles. The molecule has 2 nitrogen and oxygen atoms in total. The molecule has 1 aliphatic rings. The van der Waals surface area contributed by atoms with Crippen LogP contribution in [0.15, 0.2) is 12.7 Å². The quantitative estimate of drug-likeness (QED) is 0.532. The molecule has 1 N–H and O–H groups in total. The molecule has 0 bridgehead atoms. The molecule has 1 rings (SSSR count). The Kier molecular flexibility index (Phi) is 2.46. The van der Waals surface area contributed by atoms with E-state index in [0.29, 0.717) is 12.1 Å². The standard InChI is InChI=1S/C8H16N2/c1-4-8-6-10(3)5-7(2)9-8/h4,7-9H,1,5-6H2,2-3H3/t7?,8-/m1/s1. The van der Waals surface area contributed by atoms with Gasteiger partial charge in [-0.1, -0.05) is 6.08 Å². The molecule has 1 saturated heterocycles. The van der Waals surface area contributed by atoms with E-state index < -0.39 is 0 Å². The van der Waals surface area contributed by atoms with Crippen LogP contribution in [0.25, 0.3) is 0 Å². The largest absolute Gasteiger partial charge is 0.306 e. The van der Waals surface area contributed by atoms with Crippen molar-refractivity contribution in [3.63, 3.8) is 0 Å². The molecule has 2 atom stereocenters. The Balaban J connectivity index is 2.42. The maximum absolute atomic E-state index is 3.76. The highest BCUT2D eigenvalue weighted by Gasteiger charge is 2.18. The number of nitrogens with zero attached hydrogens (tertiary/aromatic N) is 1. The zero-order valence-electron chi connectivity index (χ0n) is 6.80. The summed E-state index contributed by atoms with van der Waals surface area (Å²) in [5.41, 5.74) is 0. The van der Waals surface area contributed by atoms with E-state index in [0.717, 1.165) is 13.1 Å². The minimum absolute atomic E-state index is 0.480. The van der Waals surface area contributed by atoms with Gasteiger partial charge in [0.05, 0.1) is 0 Å². The maximum Gasteiger partial charge on any atom is 0.0378 e. The molecule has 0 aromatic rings. The third-order valence-corrected chi connectivity index (χ3v) is 1.88. The van der Waals surface area contributed by atoms with Crippen LogP contribution >= 0.6 is 0 Å². The van der Waals surface area contributed by atoms with Gasteiger partial charge in [0.1, 0.15) is 0 Å². The van der Waals surface area contributed by atoms with Crippen LogP contribution in [0.5, 0.6) is 0 Å². The summed E-state index contributed by atoms with van der Waals surface area (Å²) in [5, 5.41) is 3.44. The van der Waals surface area contributed by atoms with E-state index in [9.17, 15) is 0 Å². The molecule has 1 unspecified atom stereocenters. The van der Waals surface area contributed by atoms with Crippen LogP contribution in [0, 0.1) is 0 Å². The molecular formula is C8H16N2. The van der Waals surface area contributed by atoms with Crippen molar-refractivity contribution in [3.8, 4) is 0 Å². The summed E-state index contributed by atoms with van der Waals surface area (Å²) in [5.74, 6) is 0. The molecule has 1 fully saturated rings. The molecule has 0 spiro atoms. The summed E-state index contributed by atoms with van der Waals surface area (Å²) >= 11 is 0. The summed E-state index contributed by atoms with van der Waals surface area (Å²) in [4.78, 5) is 2.33. The van der Waals surface area contributed by atoms with Crippen molar-refractivity contribution in [2.75, 3.05) is 20.1 Å². The van der Waals surface area contributed by atoms with Crippen molar-refractivity contribution in [1.29, 1.82) is 0 Å². The van der Waals surface area contributed by atoms with Crippen LogP contribution < -0.4 is 5.32 Å². The zero-order valence-corrected chi connectivity index (χ0v) is 6.80. The van der Waals surface area contributed by atoms with Crippen LogP contribution in [-0.4, -0.2) is 37.1 Å². The van der Waals surface area contributed by atoms with Crippen LogP contribution in [0.2, 0.25) is 0 Å². The number of hydrogen-bond acceptors (Lipinski definition) is 2. The van der Waals surface area contributed by atoms with E-state index in [1.807, 2.05) is 6.08 Å². The van der Waals surface area contributed by atoms with Gasteiger partial charge in [0, 0.05) is 25.2 Å². The Bertz CT molecular complexity index is 112. The van der Waals surface area contributed by atoms with Crippen LogP contribution in [-0.2, 0) is 0 Å². The molecular weight excluding hydrogens is 124 g/mol. The monoisotopic (exact) mass is 140 g/mol. The SMILES string of the molecule is C=C[C@@H]1CN(C)CC(C)N1. The molecule has 10 heavy (non-hydrogen) atoms. The maximum atomic E-state index is 3.76. The fourth-order valence-electron chi connectivity index (χ4n) is 1.49. The van der Waals surface area contributed by atoms with Gasteiger partial charge in [-0.25, -0.2) is 0 Å². The normalized spacial score (nSPS) is 35.8. The number of rotatable bonds is 1. The average Bonchev–Trinajstić information content (AvgIpc) is 1.85. The number of piperazine rings is 1. The first-order chi connectivity index (χ1) is 4.72. The Labute approximate surface area is 62.9 Å². The second kappa shape index (κ2) is 3.17. The summed E-state index contributed by atoms with van der Waals surface area (Å²) in [7, 11) is 2.15. The molecule has 58 valence electrons. The van der Waals surface area contributed by atoms with E-state index >= 15 is 0 Å². The Morgan fingerprint density at radius 1 is 1.60 bits per heavy atom. The fourth-order valence-corrected chi connectivity index (χ4v) is 1.49. The highest BCUT2D eigenvalue weighted by atomic mass is 15.2. The lowest BCUT2D eigenvalue weighted by Crippen LogP contribution is -2.53. The zero-order chi connectivity index (χ0) is 7.56. The number of nitrogens with one attached hydrogen (secondary N) is 1. The summed E-state index contributed by atoms with van der Waals surface area (Å²) in [6, 6.07) is 1.08. The van der Waals surface area contributed by atoms with Crippen LogP contribution in [0.4, 0.5) is 0 Å². The van der Waals surface area contributed by atoms with E-state index in [4.69, 9.17) is 0 Å². The minimum atomic E-state index is 0.480. The van der Waals surface area contributed by atoms with Gasteiger partial charge in [-0.15, -0.1) is 6.58 Å². The van der Waals surface area contributed by atoms with Crippen molar-refractivity contribution < 1.29 is 0 Å². The highest BCUT2D eigenvalue weighted by molar-refractivity contribution is 4.93. The summed E-state index contributed by atoms with van der Waals surface area (Å²) < 4.78 is 0. The predicted octanol–water partition coefficient (Wildman–Crippen LogP) is 0.464. The molecule has 0 radical (unpaired) electrons. The number of hydrogen-bond donors (Lipinski definition) is 1. The minimum Gasteiger partial charge on any atom is -0.306 e. The van der Waals surface area contributed by atoms with Crippen LogP contribution in [0.1, 0.15) is 6.92 Å². The predicted molar refractivity (Wildman–Crippen MR) is 44.1 cm³/mol. The van der Waals surface area contributed by atoms with Crippen molar-refractivity contribution in [3.05, 3.63) is 12.7 Å². The fraction of sp³-hybridized carbons (Fsp3) is 0.750. The van der Waals surface area contributed by atoms with Gasteiger partial charge in [-0.3, -0.25) is 0 Å². The van der Waals surface area contributed by atoms with Crippen LogP contribution in [0.3, 0.4) is 0 Å². The van der Waals surface area contributed by atoms with Crippen molar-refractivity contribution in [1.82, 2.24) is 10.2 Å². The van der Waals surface area contributed by atoms with Crippen molar-refractivity contribution >= 4 is 0 Å². The Morgan fingerprint density at radius 3 is 2.80 bits per heavy atom. The first kappa shape index (κ1) is 7.76. The first-order valence-corrected chi connectivity index (χ1v) is 3.79. The van der Waals surface area contributed by atoms with Gasteiger partial charge in [0.25, 0.3) is 0 Å². The lowest BCUT2D eigenvalue weighted by Gasteiger charge is -2.33. The molecule has 0 aliphatic carbocycles. The van der Waals surface area contributed by atoms with Crippen molar-refractivity contribution in [2.24, 2.45) is 0 Å². The molecule has 0 aromatic carbocycles. The summed E-state index contributed by atoms with van der Waals surface area (Å²) in [6.07, 6.45) is 1.98. The topological polar surface area (TPSA) is 15.3 Å². The third-order valence-electron chi connectivity index (χ3n) is 1.88. The molecule has 0 saturated carbocycles. The lowest BCUT2D eigenvalue weighted by atomic mass is 10.1. The lowest BCUT2D eigenvalue weighted by molar-refractivity contribution is 0.220. The molecule has 0 aromatic heterocycles. The third kappa shape index (κ3) is 1.82. The molecule has 1 aliphatic heterocycles.